The first kappa shape index (κ1) is 22.8. The van der Waals surface area contributed by atoms with Crippen molar-refractivity contribution >= 4 is 28.5 Å². The number of benzene rings is 2. The maximum absolute atomic E-state index is 13.7. The Morgan fingerprint density at radius 1 is 1.41 bits per heavy atom. The number of ether oxygens (including phenoxy) is 1. The predicted molar refractivity (Wildman–Crippen MR) is 106 cm³/mol. The second-order valence-corrected chi connectivity index (χ2v) is 7.70. The highest BCUT2D eigenvalue weighted by Gasteiger charge is 2.23. The summed E-state index contributed by atoms with van der Waals surface area (Å²) in [4.78, 5) is 14.9. The molecule has 0 fully saturated rings. The van der Waals surface area contributed by atoms with E-state index in [0.717, 1.165) is 16.6 Å². The molecule has 0 spiro atoms. The summed E-state index contributed by atoms with van der Waals surface area (Å²) in [5.41, 5.74) is 0.769. The Kier molecular flexibility index (Phi) is 8.10. The second kappa shape index (κ2) is 10.3. The molecule has 0 heterocycles. The molecule has 29 heavy (non-hydrogen) atoms. The van der Waals surface area contributed by atoms with Crippen molar-refractivity contribution in [1.82, 2.24) is 9.84 Å². The van der Waals surface area contributed by atoms with Gasteiger partial charge in [0.1, 0.15) is 41.8 Å². The van der Waals surface area contributed by atoms with Crippen LogP contribution < -0.4 is 9.57 Å². The average Bonchev–Trinajstić information content (AvgIpc) is 2.69. The molecule has 2 atom stereocenters. The fourth-order valence-corrected chi connectivity index (χ4v) is 3.76. The minimum atomic E-state index is -1.87. The Labute approximate surface area is 175 Å². The van der Waals surface area contributed by atoms with Gasteiger partial charge in [-0.15, -0.1) is 4.83 Å². The van der Waals surface area contributed by atoms with E-state index >= 15 is 0 Å². The van der Waals surface area contributed by atoms with E-state index in [1.54, 1.807) is 31.2 Å². The molecule has 2 unspecified atom stereocenters. The van der Waals surface area contributed by atoms with Crippen LogP contribution in [-0.2, 0) is 15.8 Å². The molecular formula is C19H19ClFN3O4S. The van der Waals surface area contributed by atoms with E-state index in [4.69, 9.17) is 21.6 Å². The molecule has 2 aromatic rings. The van der Waals surface area contributed by atoms with Crippen LogP contribution in [0.2, 0.25) is 5.02 Å². The van der Waals surface area contributed by atoms with Crippen LogP contribution in [0, 0.1) is 24.1 Å². The molecule has 7 nitrogen and oxygen atoms in total. The van der Waals surface area contributed by atoms with E-state index in [1.807, 2.05) is 6.92 Å². The smallest absolute Gasteiger partial charge is 0.263 e. The number of hydrogen-bond acceptors (Lipinski definition) is 5. The third-order valence-corrected chi connectivity index (χ3v) is 5.41. The summed E-state index contributed by atoms with van der Waals surface area (Å²) in [5.74, 6) is -1.30. The average molecular weight is 440 g/mol. The number of aliphatic hydroxyl groups is 1. The molecule has 2 N–H and O–H groups in total. The number of aliphatic hydroxyl groups excluding tert-OH is 1. The highest BCUT2D eigenvalue weighted by Crippen LogP contribution is 2.21. The fraction of sp³-hybridized carbons (Fsp3) is 0.263. The van der Waals surface area contributed by atoms with Crippen molar-refractivity contribution in [1.29, 1.82) is 5.26 Å². The van der Waals surface area contributed by atoms with Crippen molar-refractivity contribution in [3.8, 4) is 11.8 Å². The molecule has 0 bridgehead atoms. The molecule has 0 aromatic heterocycles. The monoisotopic (exact) mass is 439 g/mol. The highest BCUT2D eigenvalue weighted by atomic mass is 35.5. The number of nitriles is 1. The minimum Gasteiger partial charge on any atom is -0.491 e. The molecule has 0 aliphatic rings. The van der Waals surface area contributed by atoms with Gasteiger partial charge >= 0.3 is 0 Å². The van der Waals surface area contributed by atoms with E-state index in [1.165, 1.54) is 12.1 Å². The van der Waals surface area contributed by atoms with Crippen molar-refractivity contribution in [2.45, 2.75) is 24.8 Å². The largest absolute Gasteiger partial charge is 0.491 e. The van der Waals surface area contributed by atoms with Crippen molar-refractivity contribution in [2.24, 2.45) is 0 Å². The van der Waals surface area contributed by atoms with E-state index < -0.39 is 35.4 Å². The normalized spacial score (nSPS) is 12.7. The molecule has 154 valence electrons. The van der Waals surface area contributed by atoms with Gasteiger partial charge in [-0.3, -0.25) is 9.80 Å². The first-order valence-electron chi connectivity index (χ1n) is 8.46. The van der Waals surface area contributed by atoms with Crippen molar-refractivity contribution < 1.29 is 23.2 Å². The Morgan fingerprint density at radius 3 is 2.72 bits per heavy atom. The van der Waals surface area contributed by atoms with Gasteiger partial charge in [0.05, 0.1) is 21.5 Å². The van der Waals surface area contributed by atoms with Crippen molar-refractivity contribution in [3.05, 3.63) is 58.4 Å². The number of nitrogens with zero attached hydrogens (tertiary/aromatic N) is 2. The number of hydrazine groups is 1. The molecule has 10 heteroatoms. The topological polar surface area (TPSA) is 103 Å². The first-order valence-corrected chi connectivity index (χ1v) is 9.99. The van der Waals surface area contributed by atoms with Crippen LogP contribution in [-0.4, -0.2) is 39.5 Å². The van der Waals surface area contributed by atoms with Crippen molar-refractivity contribution in [3.63, 3.8) is 0 Å². The standard InChI is InChI=1S/C19H19ClFN3O4S/c1-12-3-6-18(16(20)7-12)29(27)23-24(19(26)10-25)13(2)11-28-15-5-4-14(9-22)17(21)8-15/h3-8,13,23,25H,10-11H2,1-2H3. The number of carbonyl (C=O) groups is 1. The molecule has 0 radical (unpaired) electrons. The summed E-state index contributed by atoms with van der Waals surface area (Å²) in [6.45, 7) is 2.51. The quantitative estimate of drug-likeness (QED) is 0.615. The van der Waals surface area contributed by atoms with Gasteiger partial charge in [0.15, 0.2) is 0 Å². The number of carbonyl (C=O) groups excluding carboxylic acids is 1. The Morgan fingerprint density at radius 2 is 2.14 bits per heavy atom. The van der Waals surface area contributed by atoms with E-state index in [-0.39, 0.29) is 27.8 Å². The Balaban J connectivity index is 2.10. The Hall–Kier alpha value is -2.51. The third-order valence-electron chi connectivity index (χ3n) is 3.87. The minimum absolute atomic E-state index is 0.0943. The highest BCUT2D eigenvalue weighted by molar-refractivity contribution is 7.83. The van der Waals surface area contributed by atoms with E-state index in [2.05, 4.69) is 4.83 Å². The molecule has 2 aromatic carbocycles. The van der Waals surface area contributed by atoms with Gasteiger partial charge in [0.2, 0.25) is 0 Å². The zero-order valence-electron chi connectivity index (χ0n) is 15.7. The number of amides is 1. The Bertz CT molecular complexity index is 967. The summed E-state index contributed by atoms with van der Waals surface area (Å²) in [5, 5.41) is 19.2. The van der Waals surface area contributed by atoms with Gasteiger partial charge in [0.25, 0.3) is 5.91 Å². The SMILES string of the molecule is Cc1ccc(S(=O)NN(C(=O)CO)C(C)COc2ccc(C#N)c(F)c2)c(Cl)c1. The summed E-state index contributed by atoms with van der Waals surface area (Å²) in [7, 11) is -1.87. The number of nitrogens with one attached hydrogen (secondary N) is 1. The number of rotatable bonds is 8. The molecule has 0 saturated heterocycles. The summed E-state index contributed by atoms with van der Waals surface area (Å²) in [6, 6.07) is 9.72. The lowest BCUT2D eigenvalue weighted by molar-refractivity contribution is -0.138. The molecule has 0 aliphatic heterocycles. The van der Waals surface area contributed by atoms with Crippen LogP contribution >= 0.6 is 11.6 Å². The third kappa shape index (κ3) is 5.98. The van der Waals surface area contributed by atoms with Crippen LogP contribution in [0.5, 0.6) is 5.75 Å². The van der Waals surface area contributed by atoms with E-state index in [9.17, 15) is 18.5 Å². The van der Waals surface area contributed by atoms with Crippen LogP contribution in [0.4, 0.5) is 4.39 Å². The van der Waals surface area contributed by atoms with Gasteiger partial charge in [0, 0.05) is 6.07 Å². The lowest BCUT2D eigenvalue weighted by Gasteiger charge is -2.28. The van der Waals surface area contributed by atoms with Crippen LogP contribution in [0.3, 0.4) is 0 Å². The zero-order valence-corrected chi connectivity index (χ0v) is 17.3. The molecule has 2 rings (SSSR count). The van der Waals surface area contributed by atoms with Crippen LogP contribution in [0.25, 0.3) is 0 Å². The molecule has 1 amide bonds. The van der Waals surface area contributed by atoms with E-state index in [0.29, 0.717) is 0 Å². The lowest BCUT2D eigenvalue weighted by Crippen LogP contribution is -2.52. The molecule has 0 aliphatic carbocycles. The number of hydrogen-bond donors (Lipinski definition) is 2. The van der Waals surface area contributed by atoms with Gasteiger partial charge < -0.3 is 9.84 Å². The van der Waals surface area contributed by atoms with Crippen LogP contribution in [0.15, 0.2) is 41.3 Å². The zero-order chi connectivity index (χ0) is 21.6. The van der Waals surface area contributed by atoms with Crippen molar-refractivity contribution in [2.75, 3.05) is 13.2 Å². The predicted octanol–water partition coefficient (Wildman–Crippen LogP) is 2.47. The molecule has 0 saturated carbocycles. The summed E-state index contributed by atoms with van der Waals surface area (Å²) in [6.07, 6.45) is 0. The van der Waals surface area contributed by atoms with Crippen LogP contribution in [0.1, 0.15) is 18.1 Å². The second-order valence-electron chi connectivity index (χ2n) is 6.13. The van der Waals surface area contributed by atoms with Gasteiger partial charge in [-0.2, -0.15) is 5.26 Å². The van der Waals surface area contributed by atoms with Gasteiger partial charge in [-0.1, -0.05) is 17.7 Å². The first-order chi connectivity index (χ1) is 13.8. The maximum atomic E-state index is 13.7. The summed E-state index contributed by atoms with van der Waals surface area (Å²) >= 11 is 6.11. The van der Waals surface area contributed by atoms with Gasteiger partial charge in [-0.05, 0) is 43.7 Å². The van der Waals surface area contributed by atoms with Gasteiger partial charge in [-0.25, -0.2) is 8.60 Å². The maximum Gasteiger partial charge on any atom is 0.263 e. The molecular weight excluding hydrogens is 421 g/mol. The fourth-order valence-electron chi connectivity index (χ4n) is 2.33. The number of aryl methyl sites for hydroxylation is 1. The lowest BCUT2D eigenvalue weighted by atomic mass is 10.2. The number of halogens is 2. The summed E-state index contributed by atoms with van der Waals surface area (Å²) < 4.78 is 31.8.